The maximum Gasteiger partial charge on any atom is 0.0959 e. The van der Waals surface area contributed by atoms with Crippen LogP contribution < -0.4 is 5.32 Å². The third kappa shape index (κ3) is 3.85. The first kappa shape index (κ1) is 12.0. The molecule has 3 nitrogen and oxygen atoms in total. The minimum Gasteiger partial charge on any atom is -0.377 e. The van der Waals surface area contributed by atoms with Crippen LogP contribution in [0.15, 0.2) is 5.38 Å². The second kappa shape index (κ2) is 5.75. The van der Waals surface area contributed by atoms with Gasteiger partial charge in [0.1, 0.15) is 0 Å². The Morgan fingerprint density at radius 1 is 1.56 bits per heavy atom. The van der Waals surface area contributed by atoms with Crippen molar-refractivity contribution >= 4 is 11.3 Å². The molecule has 0 spiro atoms. The predicted molar refractivity (Wildman–Crippen MR) is 66.9 cm³/mol. The van der Waals surface area contributed by atoms with Crippen molar-refractivity contribution in [3.63, 3.8) is 0 Å². The summed E-state index contributed by atoms with van der Waals surface area (Å²) in [6.45, 7) is 6.65. The van der Waals surface area contributed by atoms with E-state index in [1.54, 1.807) is 11.3 Å². The van der Waals surface area contributed by atoms with E-state index in [-0.39, 0.29) is 0 Å². The van der Waals surface area contributed by atoms with E-state index in [4.69, 9.17) is 4.74 Å². The number of thiazole rings is 1. The molecule has 4 heteroatoms. The molecule has 0 unspecified atom stereocenters. The van der Waals surface area contributed by atoms with Crippen molar-refractivity contribution in [1.82, 2.24) is 10.3 Å². The minimum absolute atomic E-state index is 0.322. The highest BCUT2D eigenvalue weighted by molar-refractivity contribution is 7.09. The molecule has 0 radical (unpaired) electrons. The fourth-order valence-corrected chi connectivity index (χ4v) is 2.50. The monoisotopic (exact) mass is 240 g/mol. The van der Waals surface area contributed by atoms with Gasteiger partial charge in [0.25, 0.3) is 0 Å². The summed E-state index contributed by atoms with van der Waals surface area (Å²) in [5, 5.41) is 6.85. The van der Waals surface area contributed by atoms with Gasteiger partial charge in [-0.1, -0.05) is 0 Å². The molecular formula is C12H20N2OS. The maximum atomic E-state index is 5.45. The van der Waals surface area contributed by atoms with Gasteiger partial charge in [-0.05, 0) is 26.7 Å². The van der Waals surface area contributed by atoms with Crippen LogP contribution in [0.3, 0.4) is 0 Å². The van der Waals surface area contributed by atoms with Gasteiger partial charge in [0, 0.05) is 24.4 Å². The molecule has 90 valence electrons. The molecule has 0 saturated heterocycles. The second-order valence-electron chi connectivity index (χ2n) is 4.55. The molecule has 0 bridgehead atoms. The first-order valence-corrected chi connectivity index (χ1v) is 6.90. The van der Waals surface area contributed by atoms with Crippen LogP contribution in [0.5, 0.6) is 0 Å². The third-order valence-electron chi connectivity index (χ3n) is 2.53. The van der Waals surface area contributed by atoms with Crippen LogP contribution in [-0.4, -0.2) is 24.2 Å². The Kier molecular flexibility index (Phi) is 4.32. The quantitative estimate of drug-likeness (QED) is 0.744. The van der Waals surface area contributed by atoms with Crippen molar-refractivity contribution in [2.75, 3.05) is 13.2 Å². The molecule has 1 N–H and O–H groups in total. The van der Waals surface area contributed by atoms with Gasteiger partial charge in [-0.2, -0.15) is 0 Å². The summed E-state index contributed by atoms with van der Waals surface area (Å²) < 4.78 is 5.45. The molecule has 0 amide bonds. The molecule has 1 aliphatic carbocycles. The largest absolute Gasteiger partial charge is 0.377 e. The fourth-order valence-electron chi connectivity index (χ4n) is 1.50. The molecule has 1 heterocycles. The number of ether oxygens (including phenoxy) is 1. The van der Waals surface area contributed by atoms with E-state index in [1.165, 1.54) is 23.5 Å². The Morgan fingerprint density at radius 2 is 2.38 bits per heavy atom. The molecule has 1 aromatic rings. The lowest BCUT2D eigenvalue weighted by Crippen LogP contribution is -2.21. The zero-order valence-corrected chi connectivity index (χ0v) is 10.8. The summed E-state index contributed by atoms with van der Waals surface area (Å²) in [5.74, 6) is 0.781. The standard InChI is InChI=1S/C12H20N2OS/c1-9(2)15-6-5-13-7-11-8-16-12(14-11)10-3-4-10/h8-10,13H,3-7H2,1-2H3. The lowest BCUT2D eigenvalue weighted by molar-refractivity contribution is 0.0807. The van der Waals surface area contributed by atoms with E-state index in [1.807, 2.05) is 0 Å². The molecule has 1 fully saturated rings. The van der Waals surface area contributed by atoms with E-state index in [2.05, 4.69) is 29.5 Å². The fraction of sp³-hybridized carbons (Fsp3) is 0.750. The Morgan fingerprint density at radius 3 is 3.06 bits per heavy atom. The minimum atomic E-state index is 0.322. The van der Waals surface area contributed by atoms with Crippen LogP contribution >= 0.6 is 11.3 Å². The van der Waals surface area contributed by atoms with E-state index in [0.29, 0.717) is 6.10 Å². The molecule has 16 heavy (non-hydrogen) atoms. The SMILES string of the molecule is CC(C)OCCNCc1csc(C2CC2)n1. The van der Waals surface area contributed by atoms with Crippen LogP contribution in [0.25, 0.3) is 0 Å². The van der Waals surface area contributed by atoms with Gasteiger partial charge in [0.2, 0.25) is 0 Å². The van der Waals surface area contributed by atoms with Crippen molar-refractivity contribution in [3.8, 4) is 0 Å². The number of aromatic nitrogens is 1. The molecule has 2 rings (SSSR count). The lowest BCUT2D eigenvalue weighted by atomic mass is 10.4. The van der Waals surface area contributed by atoms with Gasteiger partial charge in [0.15, 0.2) is 0 Å². The summed E-state index contributed by atoms with van der Waals surface area (Å²) in [7, 11) is 0. The molecule has 0 aromatic carbocycles. The van der Waals surface area contributed by atoms with E-state index >= 15 is 0 Å². The highest BCUT2D eigenvalue weighted by Gasteiger charge is 2.26. The third-order valence-corrected chi connectivity index (χ3v) is 3.59. The molecule has 0 atom stereocenters. The summed E-state index contributed by atoms with van der Waals surface area (Å²) in [6, 6.07) is 0. The summed E-state index contributed by atoms with van der Waals surface area (Å²) >= 11 is 1.81. The Hall–Kier alpha value is -0.450. The Bertz CT molecular complexity index is 321. The smallest absolute Gasteiger partial charge is 0.0959 e. The van der Waals surface area contributed by atoms with Crippen LogP contribution in [0.1, 0.15) is 43.3 Å². The Labute approximate surface area is 101 Å². The van der Waals surface area contributed by atoms with Crippen molar-refractivity contribution in [3.05, 3.63) is 16.1 Å². The summed E-state index contributed by atoms with van der Waals surface area (Å²) in [5.41, 5.74) is 1.18. The predicted octanol–water partition coefficient (Wildman–Crippen LogP) is 2.54. The number of hydrogen-bond donors (Lipinski definition) is 1. The van der Waals surface area contributed by atoms with Gasteiger partial charge in [-0.3, -0.25) is 0 Å². The van der Waals surface area contributed by atoms with Crippen LogP contribution in [0, 0.1) is 0 Å². The number of nitrogens with zero attached hydrogens (tertiary/aromatic N) is 1. The van der Waals surface area contributed by atoms with E-state index < -0.39 is 0 Å². The van der Waals surface area contributed by atoms with Crippen molar-refractivity contribution in [1.29, 1.82) is 0 Å². The van der Waals surface area contributed by atoms with Gasteiger partial charge in [-0.25, -0.2) is 4.98 Å². The molecule has 1 aromatic heterocycles. The molecule has 1 aliphatic rings. The first-order valence-electron chi connectivity index (χ1n) is 6.02. The van der Waals surface area contributed by atoms with Crippen molar-refractivity contribution in [2.24, 2.45) is 0 Å². The van der Waals surface area contributed by atoms with Crippen molar-refractivity contribution in [2.45, 2.75) is 45.3 Å². The lowest BCUT2D eigenvalue weighted by Gasteiger charge is -2.07. The number of rotatable bonds is 7. The molecule has 1 saturated carbocycles. The summed E-state index contributed by atoms with van der Waals surface area (Å²) in [6.07, 6.45) is 2.99. The average Bonchev–Trinajstić information content (AvgIpc) is 2.99. The zero-order valence-electron chi connectivity index (χ0n) is 10.0. The average molecular weight is 240 g/mol. The van der Waals surface area contributed by atoms with Gasteiger partial charge >= 0.3 is 0 Å². The number of hydrogen-bond acceptors (Lipinski definition) is 4. The molecule has 0 aliphatic heterocycles. The number of nitrogens with one attached hydrogen (secondary N) is 1. The van der Waals surface area contributed by atoms with Gasteiger partial charge in [-0.15, -0.1) is 11.3 Å². The summed E-state index contributed by atoms with van der Waals surface area (Å²) in [4.78, 5) is 4.62. The second-order valence-corrected chi connectivity index (χ2v) is 5.44. The zero-order chi connectivity index (χ0) is 11.4. The van der Waals surface area contributed by atoms with Crippen LogP contribution in [-0.2, 0) is 11.3 Å². The normalized spacial score (nSPS) is 15.9. The van der Waals surface area contributed by atoms with E-state index in [9.17, 15) is 0 Å². The topological polar surface area (TPSA) is 34.1 Å². The molecular weight excluding hydrogens is 220 g/mol. The highest BCUT2D eigenvalue weighted by Crippen LogP contribution is 2.41. The van der Waals surface area contributed by atoms with Crippen LogP contribution in [0.2, 0.25) is 0 Å². The maximum absolute atomic E-state index is 5.45. The van der Waals surface area contributed by atoms with Gasteiger partial charge < -0.3 is 10.1 Å². The van der Waals surface area contributed by atoms with Crippen LogP contribution in [0.4, 0.5) is 0 Å². The van der Waals surface area contributed by atoms with E-state index in [0.717, 1.165) is 25.6 Å². The Balaban J connectivity index is 1.61. The van der Waals surface area contributed by atoms with Gasteiger partial charge in [0.05, 0.1) is 23.4 Å². The first-order chi connectivity index (χ1) is 7.75. The van der Waals surface area contributed by atoms with Crippen molar-refractivity contribution < 1.29 is 4.74 Å². The highest BCUT2D eigenvalue weighted by atomic mass is 32.1.